The lowest BCUT2D eigenvalue weighted by Crippen LogP contribution is -2.28. The fraction of sp³-hybridized carbons (Fsp3) is 0.300. The second-order valence-corrected chi connectivity index (χ2v) is 7.06. The number of aryl methyl sites for hydroxylation is 1. The first kappa shape index (κ1) is 14.9. The maximum atomic E-state index is 12.4. The summed E-state index contributed by atoms with van der Waals surface area (Å²) in [7, 11) is -2.33. The fourth-order valence-corrected chi connectivity index (χ4v) is 3.25. The Labute approximate surface area is 124 Å². The predicted octanol–water partition coefficient (Wildman–Crippen LogP) is 0.674. The monoisotopic (exact) mass is 360 g/mol. The van der Waals surface area contributed by atoms with Gasteiger partial charge in [0, 0.05) is 17.7 Å². The summed E-state index contributed by atoms with van der Waals surface area (Å²) in [6, 6.07) is 1.41. The third-order valence-electron chi connectivity index (χ3n) is 2.54. The Hall–Kier alpha value is -1.52. The molecule has 0 aliphatic rings. The third-order valence-corrected chi connectivity index (χ3v) is 4.81. The van der Waals surface area contributed by atoms with Crippen molar-refractivity contribution in [3.05, 3.63) is 28.4 Å². The molecular weight excluding hydrogens is 348 g/mol. The lowest BCUT2D eigenvalue weighted by molar-refractivity contribution is 0.457. The first-order valence-electron chi connectivity index (χ1n) is 5.56. The summed E-state index contributed by atoms with van der Waals surface area (Å²) in [4.78, 5) is 7.84. The predicted molar refractivity (Wildman–Crippen MR) is 76.1 cm³/mol. The zero-order valence-corrected chi connectivity index (χ0v) is 13.2. The van der Waals surface area contributed by atoms with Gasteiger partial charge in [-0.15, -0.1) is 0 Å². The molecule has 10 heteroatoms. The van der Waals surface area contributed by atoms with E-state index in [9.17, 15) is 8.42 Å². The van der Waals surface area contributed by atoms with Crippen LogP contribution < -0.4 is 5.73 Å². The van der Waals surface area contributed by atoms with Crippen LogP contribution in [0.15, 0.2) is 21.6 Å². The molecule has 0 bridgehead atoms. The van der Waals surface area contributed by atoms with Crippen LogP contribution in [0.25, 0.3) is 0 Å². The Bertz CT molecular complexity index is 729. The highest BCUT2D eigenvalue weighted by Gasteiger charge is 2.25. The van der Waals surface area contributed by atoms with Gasteiger partial charge >= 0.3 is 0 Å². The lowest BCUT2D eigenvalue weighted by Gasteiger charge is -2.16. The molecule has 0 aliphatic carbocycles. The molecule has 8 nitrogen and oxygen atoms in total. The molecule has 2 aromatic rings. The molecular formula is C10H13BrN6O2S. The molecule has 0 saturated heterocycles. The topological polar surface area (TPSA) is 118 Å². The van der Waals surface area contributed by atoms with Crippen LogP contribution >= 0.6 is 15.9 Å². The van der Waals surface area contributed by atoms with Gasteiger partial charge in [0.15, 0.2) is 5.82 Å². The van der Waals surface area contributed by atoms with E-state index in [-0.39, 0.29) is 17.3 Å². The first-order valence-corrected chi connectivity index (χ1v) is 7.79. The minimum Gasteiger partial charge on any atom is -0.383 e. The van der Waals surface area contributed by atoms with Crippen LogP contribution in [0.3, 0.4) is 0 Å². The number of nitrogens with two attached hydrogens (primary N) is 1. The third kappa shape index (κ3) is 2.97. The molecule has 0 atom stereocenters. The number of H-pyrrole nitrogens is 1. The van der Waals surface area contributed by atoms with Gasteiger partial charge in [-0.1, -0.05) is 0 Å². The van der Waals surface area contributed by atoms with Crippen LogP contribution in [0.4, 0.5) is 5.82 Å². The highest BCUT2D eigenvalue weighted by Crippen LogP contribution is 2.23. The highest BCUT2D eigenvalue weighted by molar-refractivity contribution is 9.10. The van der Waals surface area contributed by atoms with Crippen molar-refractivity contribution in [1.82, 2.24) is 24.5 Å². The van der Waals surface area contributed by atoms with Gasteiger partial charge in [0.05, 0.1) is 6.54 Å². The van der Waals surface area contributed by atoms with Gasteiger partial charge in [-0.2, -0.15) is 9.40 Å². The summed E-state index contributed by atoms with van der Waals surface area (Å²) >= 11 is 3.18. The largest absolute Gasteiger partial charge is 0.383 e. The Morgan fingerprint density at radius 3 is 2.80 bits per heavy atom. The minimum atomic E-state index is -3.76. The number of anilines is 1. The first-order chi connectivity index (χ1) is 9.30. The molecule has 0 radical (unpaired) electrons. The maximum absolute atomic E-state index is 12.4. The van der Waals surface area contributed by atoms with Crippen molar-refractivity contribution in [1.29, 1.82) is 0 Å². The number of hydrogen-bond acceptors (Lipinski definition) is 6. The number of sulfonamides is 1. The van der Waals surface area contributed by atoms with Gasteiger partial charge in [-0.05, 0) is 28.9 Å². The van der Waals surface area contributed by atoms with Crippen molar-refractivity contribution in [3.63, 3.8) is 0 Å². The van der Waals surface area contributed by atoms with Crippen molar-refractivity contribution >= 4 is 31.8 Å². The van der Waals surface area contributed by atoms with Gasteiger partial charge in [0.1, 0.15) is 16.5 Å². The summed E-state index contributed by atoms with van der Waals surface area (Å²) in [6.45, 7) is 1.78. The molecule has 0 aliphatic heterocycles. The van der Waals surface area contributed by atoms with Crippen LogP contribution in [0, 0.1) is 6.92 Å². The van der Waals surface area contributed by atoms with E-state index in [0.29, 0.717) is 16.1 Å². The Kier molecular flexibility index (Phi) is 4.06. The van der Waals surface area contributed by atoms with Gasteiger partial charge < -0.3 is 5.73 Å². The Balaban J connectivity index is 2.32. The maximum Gasteiger partial charge on any atom is 0.246 e. The van der Waals surface area contributed by atoms with E-state index >= 15 is 0 Å². The molecule has 2 heterocycles. The van der Waals surface area contributed by atoms with E-state index in [4.69, 9.17) is 5.73 Å². The van der Waals surface area contributed by atoms with Crippen molar-refractivity contribution in [3.8, 4) is 0 Å². The number of aromatic nitrogens is 4. The average molecular weight is 361 g/mol. The summed E-state index contributed by atoms with van der Waals surface area (Å²) in [5, 5.41) is 6.56. The van der Waals surface area contributed by atoms with E-state index < -0.39 is 10.0 Å². The van der Waals surface area contributed by atoms with Gasteiger partial charge in [-0.3, -0.25) is 5.10 Å². The molecule has 3 N–H and O–H groups in total. The van der Waals surface area contributed by atoms with Crippen molar-refractivity contribution < 1.29 is 8.42 Å². The molecule has 108 valence electrons. The molecule has 20 heavy (non-hydrogen) atoms. The summed E-state index contributed by atoms with van der Waals surface area (Å²) < 4.78 is 26.5. The van der Waals surface area contributed by atoms with E-state index in [2.05, 4.69) is 36.1 Å². The van der Waals surface area contributed by atoms with Crippen molar-refractivity contribution in [2.24, 2.45) is 0 Å². The zero-order valence-electron chi connectivity index (χ0n) is 10.8. The quantitative estimate of drug-likeness (QED) is 0.827. The van der Waals surface area contributed by atoms with E-state index in [0.717, 1.165) is 4.31 Å². The minimum absolute atomic E-state index is 0.0403. The standard InChI is InChI=1S/C10H13BrN6O2S/c1-6-14-9(16-15-6)5-17(2)20(18,19)8-3-7(11)4-13-10(8)12/h3-4H,5H2,1-2H3,(H2,12,13)(H,14,15,16). The van der Waals surface area contributed by atoms with Gasteiger partial charge in [0.2, 0.25) is 10.0 Å². The van der Waals surface area contributed by atoms with Crippen LogP contribution in [0.1, 0.15) is 11.6 Å². The number of halogens is 1. The summed E-state index contributed by atoms with van der Waals surface area (Å²) in [5.41, 5.74) is 5.64. The van der Waals surface area contributed by atoms with Crippen LogP contribution in [0.5, 0.6) is 0 Å². The summed E-state index contributed by atoms with van der Waals surface area (Å²) in [6.07, 6.45) is 1.44. The van der Waals surface area contributed by atoms with E-state index in [1.54, 1.807) is 6.92 Å². The molecule has 0 saturated carbocycles. The molecule has 2 aromatic heterocycles. The fourth-order valence-electron chi connectivity index (χ4n) is 1.55. The second kappa shape index (κ2) is 5.46. The average Bonchev–Trinajstić information content (AvgIpc) is 2.77. The molecule has 0 amide bonds. The Morgan fingerprint density at radius 2 is 2.20 bits per heavy atom. The highest BCUT2D eigenvalue weighted by atomic mass is 79.9. The molecule has 0 aromatic carbocycles. The molecule has 0 fully saturated rings. The number of hydrogen-bond donors (Lipinski definition) is 2. The van der Waals surface area contributed by atoms with E-state index in [1.165, 1.54) is 19.3 Å². The zero-order chi connectivity index (χ0) is 14.9. The number of nitrogens with one attached hydrogen (secondary N) is 1. The normalized spacial score (nSPS) is 12.0. The Morgan fingerprint density at radius 1 is 1.50 bits per heavy atom. The van der Waals surface area contributed by atoms with Gasteiger partial charge in [-0.25, -0.2) is 18.4 Å². The molecule has 2 rings (SSSR count). The van der Waals surface area contributed by atoms with E-state index in [1.807, 2.05) is 0 Å². The summed E-state index contributed by atoms with van der Waals surface area (Å²) in [5.74, 6) is 0.954. The SMILES string of the molecule is Cc1nc(CN(C)S(=O)(=O)c2cc(Br)cnc2N)n[nH]1. The second-order valence-electron chi connectivity index (χ2n) is 4.14. The number of aromatic amines is 1. The van der Waals surface area contributed by atoms with Gasteiger partial charge in [0.25, 0.3) is 0 Å². The molecule has 0 unspecified atom stereocenters. The number of rotatable bonds is 4. The number of nitrogen functional groups attached to an aromatic ring is 1. The number of pyridine rings is 1. The van der Waals surface area contributed by atoms with Crippen molar-refractivity contribution in [2.75, 3.05) is 12.8 Å². The van der Waals surface area contributed by atoms with Crippen molar-refractivity contribution in [2.45, 2.75) is 18.4 Å². The lowest BCUT2D eigenvalue weighted by atomic mass is 10.5. The van der Waals surface area contributed by atoms with Crippen LogP contribution in [0.2, 0.25) is 0 Å². The smallest absolute Gasteiger partial charge is 0.246 e. The molecule has 0 spiro atoms. The number of nitrogens with zero attached hydrogens (tertiary/aromatic N) is 4. The van der Waals surface area contributed by atoms with Crippen LogP contribution in [-0.2, 0) is 16.6 Å². The van der Waals surface area contributed by atoms with Crippen LogP contribution in [-0.4, -0.2) is 39.9 Å².